The molecule has 31 heavy (non-hydrogen) atoms. The molecular weight excluding hydrogens is 458 g/mol. The van der Waals surface area contributed by atoms with Crippen LogP contribution in [0.1, 0.15) is 12.5 Å². The molecule has 0 aliphatic rings. The summed E-state index contributed by atoms with van der Waals surface area (Å²) in [5, 5.41) is 5.01. The Morgan fingerprint density at radius 3 is 2.55 bits per heavy atom. The molecule has 0 amide bonds. The molecule has 1 aromatic heterocycles. The van der Waals surface area contributed by atoms with Gasteiger partial charge in [-0.05, 0) is 47.1 Å². The smallest absolute Gasteiger partial charge is 0.282 e. The first-order valence-electron chi connectivity index (χ1n) is 9.74. The van der Waals surface area contributed by atoms with Crippen LogP contribution >= 0.6 is 15.9 Å². The second-order valence-corrected chi connectivity index (χ2v) is 7.49. The minimum atomic E-state index is -0.241. The van der Waals surface area contributed by atoms with Crippen molar-refractivity contribution in [1.29, 1.82) is 0 Å². The molecule has 0 N–H and O–H groups in total. The van der Waals surface area contributed by atoms with E-state index in [1.54, 1.807) is 25.5 Å². The molecule has 7 heteroatoms. The zero-order valence-corrected chi connectivity index (χ0v) is 18.7. The molecule has 1 heterocycles. The SMILES string of the molecule is CCOc1cc(Br)c(C=Nn2c(-c3ccccc3)nc3ccccc3c2=O)cc1OC. The van der Waals surface area contributed by atoms with Crippen LogP contribution in [0.4, 0.5) is 0 Å². The number of ether oxygens (including phenoxy) is 2. The van der Waals surface area contributed by atoms with Crippen molar-refractivity contribution >= 4 is 33.0 Å². The molecule has 0 aliphatic carbocycles. The van der Waals surface area contributed by atoms with E-state index in [-0.39, 0.29) is 5.56 Å². The summed E-state index contributed by atoms with van der Waals surface area (Å²) in [6.07, 6.45) is 1.60. The molecular formula is C24H20BrN3O3. The van der Waals surface area contributed by atoms with E-state index in [0.717, 1.165) is 15.6 Å². The van der Waals surface area contributed by atoms with Gasteiger partial charge in [-0.25, -0.2) is 4.98 Å². The maximum absolute atomic E-state index is 13.2. The molecule has 3 aromatic carbocycles. The van der Waals surface area contributed by atoms with Crippen LogP contribution in [-0.4, -0.2) is 29.6 Å². The van der Waals surface area contributed by atoms with Crippen molar-refractivity contribution in [2.24, 2.45) is 5.10 Å². The zero-order valence-electron chi connectivity index (χ0n) is 17.1. The fraction of sp³-hybridized carbons (Fsp3) is 0.125. The number of hydrogen-bond donors (Lipinski definition) is 0. The Bertz CT molecular complexity index is 1320. The lowest BCUT2D eigenvalue weighted by Gasteiger charge is -2.12. The summed E-state index contributed by atoms with van der Waals surface area (Å²) in [7, 11) is 1.58. The van der Waals surface area contributed by atoms with Crippen LogP contribution < -0.4 is 15.0 Å². The first-order valence-corrected chi connectivity index (χ1v) is 10.5. The number of para-hydroxylation sites is 1. The molecule has 4 aromatic rings. The molecule has 0 saturated carbocycles. The van der Waals surface area contributed by atoms with Crippen molar-refractivity contribution < 1.29 is 9.47 Å². The molecule has 0 bridgehead atoms. The van der Waals surface area contributed by atoms with Gasteiger partial charge in [0, 0.05) is 15.6 Å². The van der Waals surface area contributed by atoms with Gasteiger partial charge in [-0.2, -0.15) is 9.78 Å². The van der Waals surface area contributed by atoms with Crippen LogP contribution in [0.15, 0.2) is 81.1 Å². The van der Waals surface area contributed by atoms with Crippen molar-refractivity contribution in [3.05, 3.63) is 87.1 Å². The molecule has 0 unspecified atom stereocenters. The van der Waals surface area contributed by atoms with Crippen LogP contribution in [-0.2, 0) is 0 Å². The quantitative estimate of drug-likeness (QED) is 0.361. The van der Waals surface area contributed by atoms with Crippen molar-refractivity contribution in [1.82, 2.24) is 9.66 Å². The number of fused-ring (bicyclic) bond motifs is 1. The first kappa shape index (κ1) is 20.8. The van der Waals surface area contributed by atoms with E-state index in [9.17, 15) is 4.79 Å². The summed E-state index contributed by atoms with van der Waals surface area (Å²) in [5.41, 5.74) is 1.92. The minimum Gasteiger partial charge on any atom is -0.493 e. The molecule has 0 atom stereocenters. The number of aromatic nitrogens is 2. The van der Waals surface area contributed by atoms with Gasteiger partial charge in [0.1, 0.15) is 0 Å². The summed E-state index contributed by atoms with van der Waals surface area (Å²) >= 11 is 3.55. The van der Waals surface area contributed by atoms with Crippen molar-refractivity contribution in [3.8, 4) is 22.9 Å². The topological polar surface area (TPSA) is 65.7 Å². The number of rotatable bonds is 6. The average Bonchev–Trinajstić information content (AvgIpc) is 2.80. The Morgan fingerprint density at radius 2 is 1.81 bits per heavy atom. The highest BCUT2D eigenvalue weighted by atomic mass is 79.9. The monoisotopic (exact) mass is 477 g/mol. The van der Waals surface area contributed by atoms with Gasteiger partial charge in [0.05, 0.1) is 30.8 Å². The maximum Gasteiger partial charge on any atom is 0.282 e. The molecule has 4 rings (SSSR count). The van der Waals surface area contributed by atoms with E-state index < -0.39 is 0 Å². The molecule has 6 nitrogen and oxygen atoms in total. The summed E-state index contributed by atoms with van der Waals surface area (Å²) in [6.45, 7) is 2.43. The van der Waals surface area contributed by atoms with Crippen molar-refractivity contribution in [3.63, 3.8) is 0 Å². The van der Waals surface area contributed by atoms with Crippen LogP contribution in [0.5, 0.6) is 11.5 Å². The lowest BCUT2D eigenvalue weighted by atomic mass is 10.2. The first-order chi connectivity index (χ1) is 15.1. The molecule has 0 radical (unpaired) electrons. The van der Waals surface area contributed by atoms with Crippen LogP contribution in [0, 0.1) is 0 Å². The van der Waals surface area contributed by atoms with E-state index in [1.807, 2.05) is 61.5 Å². The van der Waals surface area contributed by atoms with Gasteiger partial charge in [0.25, 0.3) is 5.56 Å². The van der Waals surface area contributed by atoms with Gasteiger partial charge < -0.3 is 9.47 Å². The van der Waals surface area contributed by atoms with E-state index in [4.69, 9.17) is 14.5 Å². The largest absolute Gasteiger partial charge is 0.493 e. The lowest BCUT2D eigenvalue weighted by molar-refractivity contribution is 0.310. The standard InChI is InChI=1S/C24H20BrN3O3/c1-3-31-22-14-19(25)17(13-21(22)30-2)15-26-28-23(16-9-5-4-6-10-16)27-20-12-8-7-11-18(20)24(28)29/h4-15H,3H2,1-2H3. The predicted octanol–water partition coefficient (Wildman–Crippen LogP) is 5.12. The second-order valence-electron chi connectivity index (χ2n) is 6.64. The third kappa shape index (κ3) is 4.22. The van der Waals surface area contributed by atoms with Gasteiger partial charge in [-0.3, -0.25) is 4.79 Å². The predicted molar refractivity (Wildman–Crippen MR) is 126 cm³/mol. The molecule has 0 saturated heterocycles. The average molecular weight is 478 g/mol. The van der Waals surface area contributed by atoms with Gasteiger partial charge in [-0.1, -0.05) is 42.5 Å². The Kier molecular flexibility index (Phi) is 6.13. The summed E-state index contributed by atoms with van der Waals surface area (Å²) in [5.74, 6) is 1.68. The van der Waals surface area contributed by atoms with Gasteiger partial charge in [-0.15, -0.1) is 0 Å². The highest BCUT2D eigenvalue weighted by Crippen LogP contribution is 2.33. The van der Waals surface area contributed by atoms with E-state index >= 15 is 0 Å². The third-order valence-electron chi connectivity index (χ3n) is 4.68. The molecule has 0 aliphatic heterocycles. The maximum atomic E-state index is 13.2. The molecule has 0 spiro atoms. The summed E-state index contributed by atoms with van der Waals surface area (Å²) in [4.78, 5) is 17.9. The fourth-order valence-electron chi connectivity index (χ4n) is 3.20. The fourth-order valence-corrected chi connectivity index (χ4v) is 3.63. The lowest BCUT2D eigenvalue weighted by Crippen LogP contribution is -2.20. The highest BCUT2D eigenvalue weighted by molar-refractivity contribution is 9.10. The van der Waals surface area contributed by atoms with Crippen LogP contribution in [0.25, 0.3) is 22.3 Å². The van der Waals surface area contributed by atoms with Gasteiger partial charge in [0.15, 0.2) is 17.3 Å². The Morgan fingerprint density at radius 1 is 1.06 bits per heavy atom. The van der Waals surface area contributed by atoms with E-state index in [0.29, 0.717) is 34.8 Å². The number of nitrogens with zero attached hydrogens (tertiary/aromatic N) is 3. The van der Waals surface area contributed by atoms with E-state index in [1.165, 1.54) is 4.68 Å². The van der Waals surface area contributed by atoms with Crippen LogP contribution in [0.3, 0.4) is 0 Å². The van der Waals surface area contributed by atoms with Gasteiger partial charge >= 0.3 is 0 Å². The molecule has 156 valence electrons. The van der Waals surface area contributed by atoms with E-state index in [2.05, 4.69) is 21.0 Å². The third-order valence-corrected chi connectivity index (χ3v) is 5.37. The van der Waals surface area contributed by atoms with Gasteiger partial charge in [0.2, 0.25) is 0 Å². The zero-order chi connectivity index (χ0) is 21.8. The Balaban J connectivity index is 1.88. The van der Waals surface area contributed by atoms with Crippen molar-refractivity contribution in [2.45, 2.75) is 6.92 Å². The highest BCUT2D eigenvalue weighted by Gasteiger charge is 2.13. The summed E-state index contributed by atoms with van der Waals surface area (Å²) < 4.78 is 13.1. The number of halogens is 1. The minimum absolute atomic E-state index is 0.241. The number of hydrogen-bond acceptors (Lipinski definition) is 5. The second kappa shape index (κ2) is 9.14. The molecule has 0 fully saturated rings. The number of methoxy groups -OCH3 is 1. The number of benzene rings is 3. The normalized spacial score (nSPS) is 11.2. The van der Waals surface area contributed by atoms with Crippen LogP contribution in [0.2, 0.25) is 0 Å². The van der Waals surface area contributed by atoms with Crippen molar-refractivity contribution in [2.75, 3.05) is 13.7 Å². The summed E-state index contributed by atoms with van der Waals surface area (Å²) in [6, 6.07) is 20.4. The Labute approximate surface area is 187 Å². The Hall–Kier alpha value is -3.45.